The average Bonchev–Trinajstić information content (AvgIpc) is 2.40. The van der Waals surface area contributed by atoms with Crippen molar-refractivity contribution in [1.29, 1.82) is 0 Å². The van der Waals surface area contributed by atoms with Crippen LogP contribution < -0.4 is 10.2 Å². The number of rotatable bonds is 4. The summed E-state index contributed by atoms with van der Waals surface area (Å²) in [6, 6.07) is 7.10. The Morgan fingerprint density at radius 1 is 1.29 bits per heavy atom. The summed E-state index contributed by atoms with van der Waals surface area (Å²) in [5.74, 6) is -1.20. The normalized spacial score (nSPS) is 15.8. The van der Waals surface area contributed by atoms with E-state index in [1.165, 1.54) is 4.90 Å². The highest BCUT2D eigenvalue weighted by molar-refractivity contribution is 6.04. The summed E-state index contributed by atoms with van der Waals surface area (Å²) in [6.45, 7) is 3.73. The largest absolute Gasteiger partial charge is 0.481 e. The topological polar surface area (TPSA) is 86.7 Å². The maximum absolute atomic E-state index is 11.8. The van der Waals surface area contributed by atoms with Crippen LogP contribution in [0.1, 0.15) is 25.8 Å². The molecule has 0 aliphatic carbocycles. The first-order chi connectivity index (χ1) is 9.79. The van der Waals surface area contributed by atoms with Crippen molar-refractivity contribution in [2.24, 2.45) is 0 Å². The standard InChI is InChI=1S/C15H18N2O4/c1-15(2,7-14(20)21)10-3-5-11(6-4-10)17-9-12(18)16-8-13(17)19/h3-6H,7-9H2,1-2H3,(H,16,18)(H,20,21). The second kappa shape index (κ2) is 5.55. The van der Waals surface area contributed by atoms with E-state index in [0.717, 1.165) is 5.56 Å². The fraction of sp³-hybridized carbons (Fsp3) is 0.400. The van der Waals surface area contributed by atoms with Gasteiger partial charge in [-0.1, -0.05) is 26.0 Å². The van der Waals surface area contributed by atoms with Gasteiger partial charge in [-0.3, -0.25) is 14.4 Å². The van der Waals surface area contributed by atoms with Crippen molar-refractivity contribution in [2.45, 2.75) is 25.7 Å². The van der Waals surface area contributed by atoms with Gasteiger partial charge in [-0.15, -0.1) is 0 Å². The van der Waals surface area contributed by atoms with Crippen molar-refractivity contribution in [2.75, 3.05) is 18.0 Å². The first kappa shape index (κ1) is 15.0. The van der Waals surface area contributed by atoms with Crippen LogP contribution in [0.5, 0.6) is 0 Å². The van der Waals surface area contributed by atoms with Crippen LogP contribution in [-0.2, 0) is 19.8 Å². The average molecular weight is 290 g/mol. The van der Waals surface area contributed by atoms with E-state index in [4.69, 9.17) is 5.11 Å². The molecule has 6 nitrogen and oxygen atoms in total. The molecule has 0 spiro atoms. The molecule has 0 radical (unpaired) electrons. The summed E-state index contributed by atoms with van der Waals surface area (Å²) in [7, 11) is 0. The van der Waals surface area contributed by atoms with Crippen LogP contribution in [0.25, 0.3) is 0 Å². The molecule has 112 valence electrons. The van der Waals surface area contributed by atoms with Gasteiger partial charge in [0.25, 0.3) is 0 Å². The van der Waals surface area contributed by atoms with E-state index in [9.17, 15) is 14.4 Å². The third-order valence-corrected chi connectivity index (χ3v) is 3.59. The molecule has 0 unspecified atom stereocenters. The molecule has 1 fully saturated rings. The Kier molecular flexibility index (Phi) is 3.97. The van der Waals surface area contributed by atoms with Crippen LogP contribution in [0.4, 0.5) is 5.69 Å². The minimum atomic E-state index is -0.855. The Labute approximate surface area is 122 Å². The predicted octanol–water partition coefficient (Wildman–Crippen LogP) is 0.902. The van der Waals surface area contributed by atoms with Gasteiger partial charge in [0.05, 0.1) is 13.0 Å². The summed E-state index contributed by atoms with van der Waals surface area (Å²) in [4.78, 5) is 35.5. The first-order valence-electron chi connectivity index (χ1n) is 6.69. The molecule has 6 heteroatoms. The fourth-order valence-electron chi connectivity index (χ4n) is 2.37. The second-order valence-corrected chi connectivity index (χ2v) is 5.76. The number of nitrogens with zero attached hydrogens (tertiary/aromatic N) is 1. The maximum Gasteiger partial charge on any atom is 0.304 e. The predicted molar refractivity (Wildman–Crippen MR) is 77.1 cm³/mol. The zero-order valence-electron chi connectivity index (χ0n) is 12.0. The molecule has 1 aliphatic heterocycles. The first-order valence-corrected chi connectivity index (χ1v) is 6.69. The van der Waals surface area contributed by atoms with Gasteiger partial charge in [-0.2, -0.15) is 0 Å². The third-order valence-electron chi connectivity index (χ3n) is 3.59. The highest BCUT2D eigenvalue weighted by atomic mass is 16.4. The molecule has 0 aromatic heterocycles. The summed E-state index contributed by atoms with van der Waals surface area (Å²) in [6.07, 6.45) is 0.0252. The van der Waals surface area contributed by atoms with Crippen molar-refractivity contribution in [3.05, 3.63) is 29.8 Å². The van der Waals surface area contributed by atoms with Gasteiger partial charge < -0.3 is 15.3 Å². The van der Waals surface area contributed by atoms with Crippen molar-refractivity contribution in [3.63, 3.8) is 0 Å². The van der Waals surface area contributed by atoms with Crippen molar-refractivity contribution >= 4 is 23.5 Å². The number of carbonyl (C=O) groups excluding carboxylic acids is 2. The van der Waals surface area contributed by atoms with Crippen LogP contribution >= 0.6 is 0 Å². The number of carbonyl (C=O) groups is 3. The number of carboxylic acid groups (broad SMARTS) is 1. The molecule has 1 heterocycles. The Morgan fingerprint density at radius 2 is 1.90 bits per heavy atom. The van der Waals surface area contributed by atoms with Gasteiger partial charge in [0.2, 0.25) is 11.8 Å². The van der Waals surface area contributed by atoms with E-state index < -0.39 is 11.4 Å². The zero-order chi connectivity index (χ0) is 15.6. The lowest BCUT2D eigenvalue weighted by Gasteiger charge is -2.28. The number of hydrogen-bond donors (Lipinski definition) is 2. The Hall–Kier alpha value is -2.37. The lowest BCUT2D eigenvalue weighted by molar-refractivity contribution is -0.138. The van der Waals surface area contributed by atoms with Gasteiger partial charge >= 0.3 is 5.97 Å². The minimum Gasteiger partial charge on any atom is -0.481 e. The maximum atomic E-state index is 11.8. The summed E-state index contributed by atoms with van der Waals surface area (Å²) in [5.41, 5.74) is 1.03. The lowest BCUT2D eigenvalue weighted by atomic mass is 9.81. The van der Waals surface area contributed by atoms with Gasteiger partial charge in [0.15, 0.2) is 0 Å². The quantitative estimate of drug-likeness (QED) is 0.862. The lowest BCUT2D eigenvalue weighted by Crippen LogP contribution is -2.51. The molecule has 0 atom stereocenters. The van der Waals surface area contributed by atoms with Crippen LogP contribution in [0, 0.1) is 0 Å². The summed E-state index contributed by atoms with van der Waals surface area (Å²) < 4.78 is 0. The molecule has 1 aromatic rings. The molecule has 2 amide bonds. The monoisotopic (exact) mass is 290 g/mol. The number of carboxylic acids is 1. The Balaban J connectivity index is 2.20. The zero-order valence-corrected chi connectivity index (χ0v) is 12.0. The molecule has 1 saturated heterocycles. The second-order valence-electron chi connectivity index (χ2n) is 5.76. The van der Waals surface area contributed by atoms with Crippen LogP contribution in [-0.4, -0.2) is 36.0 Å². The molecular formula is C15H18N2O4. The van der Waals surface area contributed by atoms with Crippen LogP contribution in [0.2, 0.25) is 0 Å². The van der Waals surface area contributed by atoms with Gasteiger partial charge in [0, 0.05) is 11.1 Å². The van der Waals surface area contributed by atoms with Crippen molar-refractivity contribution in [1.82, 2.24) is 5.32 Å². The molecule has 0 bridgehead atoms. The molecular weight excluding hydrogens is 272 g/mol. The van der Waals surface area contributed by atoms with Gasteiger partial charge in [-0.25, -0.2) is 0 Å². The molecule has 0 saturated carbocycles. The van der Waals surface area contributed by atoms with E-state index in [2.05, 4.69) is 5.32 Å². The summed E-state index contributed by atoms with van der Waals surface area (Å²) in [5, 5.41) is 11.4. The fourth-order valence-corrected chi connectivity index (χ4v) is 2.37. The van der Waals surface area contributed by atoms with E-state index in [-0.39, 0.29) is 31.3 Å². The van der Waals surface area contributed by atoms with Crippen molar-refractivity contribution < 1.29 is 19.5 Å². The number of benzene rings is 1. The molecule has 1 aromatic carbocycles. The number of hydrogen-bond acceptors (Lipinski definition) is 3. The van der Waals surface area contributed by atoms with E-state index in [0.29, 0.717) is 5.69 Å². The number of aliphatic carboxylic acids is 1. The molecule has 2 rings (SSSR count). The third kappa shape index (κ3) is 3.39. The van der Waals surface area contributed by atoms with Gasteiger partial charge in [-0.05, 0) is 17.7 Å². The smallest absolute Gasteiger partial charge is 0.304 e. The number of anilines is 1. The van der Waals surface area contributed by atoms with Gasteiger partial charge in [0.1, 0.15) is 6.54 Å². The number of amides is 2. The highest BCUT2D eigenvalue weighted by Crippen LogP contribution is 2.29. The Morgan fingerprint density at radius 3 is 2.48 bits per heavy atom. The van der Waals surface area contributed by atoms with E-state index in [1.807, 2.05) is 13.8 Å². The van der Waals surface area contributed by atoms with E-state index in [1.54, 1.807) is 24.3 Å². The van der Waals surface area contributed by atoms with E-state index >= 15 is 0 Å². The highest BCUT2D eigenvalue weighted by Gasteiger charge is 2.26. The SMILES string of the molecule is CC(C)(CC(=O)O)c1ccc(N2CC(=O)NCC2=O)cc1. The Bertz CT molecular complexity index is 578. The number of piperazine rings is 1. The van der Waals surface area contributed by atoms with Crippen molar-refractivity contribution in [3.8, 4) is 0 Å². The summed E-state index contributed by atoms with van der Waals surface area (Å²) >= 11 is 0. The number of nitrogens with one attached hydrogen (secondary N) is 1. The minimum absolute atomic E-state index is 0.00505. The van der Waals surface area contributed by atoms with Crippen LogP contribution in [0.3, 0.4) is 0 Å². The molecule has 21 heavy (non-hydrogen) atoms. The van der Waals surface area contributed by atoms with Crippen LogP contribution in [0.15, 0.2) is 24.3 Å². The molecule has 1 aliphatic rings. The molecule has 2 N–H and O–H groups in total.